The van der Waals surface area contributed by atoms with Crippen LogP contribution in [0.2, 0.25) is 5.02 Å². The fraction of sp³-hybridized carbons (Fsp3) is 0.238. The molecule has 0 saturated carbocycles. The number of rotatable bonds is 6. The molecule has 6 heteroatoms. The topological polar surface area (TPSA) is 58.6 Å². The molecule has 1 N–H and O–H groups in total. The Labute approximate surface area is 163 Å². The van der Waals surface area contributed by atoms with Gasteiger partial charge < -0.3 is 10.1 Å². The first-order valence-corrected chi connectivity index (χ1v) is 9.21. The Morgan fingerprint density at radius 2 is 1.74 bits per heavy atom. The molecule has 0 unspecified atom stereocenters. The summed E-state index contributed by atoms with van der Waals surface area (Å²) in [6.45, 7) is 6.45. The maximum atomic E-state index is 12.8. The van der Waals surface area contributed by atoms with Crippen molar-refractivity contribution in [2.24, 2.45) is 0 Å². The van der Waals surface area contributed by atoms with Crippen molar-refractivity contribution in [2.45, 2.75) is 20.8 Å². The normalized spacial score (nSPS) is 14.1. The van der Waals surface area contributed by atoms with Gasteiger partial charge in [-0.3, -0.25) is 14.5 Å². The Morgan fingerprint density at radius 1 is 1.04 bits per heavy atom. The number of aryl methyl sites for hydroxylation is 1. The molecule has 0 fully saturated rings. The van der Waals surface area contributed by atoms with Crippen molar-refractivity contribution in [3.8, 4) is 5.75 Å². The second-order valence-corrected chi connectivity index (χ2v) is 6.56. The zero-order valence-corrected chi connectivity index (χ0v) is 16.3. The number of imide groups is 1. The SMILES string of the molecule is CCOc1ccc(C2=C(Nc3ccc(C)c(Cl)c3)C(=O)N(CC)C2=O)cc1. The van der Waals surface area contributed by atoms with Crippen LogP contribution in [0.1, 0.15) is 25.0 Å². The van der Waals surface area contributed by atoms with Crippen molar-refractivity contribution >= 4 is 34.7 Å². The van der Waals surface area contributed by atoms with E-state index in [-0.39, 0.29) is 17.5 Å². The van der Waals surface area contributed by atoms with Gasteiger partial charge in [-0.1, -0.05) is 29.8 Å². The number of hydrogen-bond donors (Lipinski definition) is 1. The van der Waals surface area contributed by atoms with E-state index in [9.17, 15) is 9.59 Å². The maximum Gasteiger partial charge on any atom is 0.278 e. The lowest BCUT2D eigenvalue weighted by atomic mass is 10.0. The van der Waals surface area contributed by atoms with Gasteiger partial charge in [-0.2, -0.15) is 0 Å². The van der Waals surface area contributed by atoms with Crippen LogP contribution in [0.5, 0.6) is 5.75 Å². The lowest BCUT2D eigenvalue weighted by Crippen LogP contribution is -2.32. The number of likely N-dealkylation sites (N-methyl/N-ethyl adjacent to an activating group) is 1. The smallest absolute Gasteiger partial charge is 0.278 e. The quantitative estimate of drug-likeness (QED) is 0.756. The lowest BCUT2D eigenvalue weighted by Gasteiger charge is -2.12. The maximum absolute atomic E-state index is 12.8. The van der Waals surface area contributed by atoms with E-state index in [1.165, 1.54) is 4.90 Å². The molecular weight excluding hydrogens is 364 g/mol. The van der Waals surface area contributed by atoms with Gasteiger partial charge in [-0.15, -0.1) is 0 Å². The highest BCUT2D eigenvalue weighted by Crippen LogP contribution is 2.32. The number of benzene rings is 2. The van der Waals surface area contributed by atoms with Crippen molar-refractivity contribution in [3.63, 3.8) is 0 Å². The lowest BCUT2D eigenvalue weighted by molar-refractivity contribution is -0.136. The van der Waals surface area contributed by atoms with E-state index in [2.05, 4.69) is 5.32 Å². The third-order valence-corrected chi connectivity index (χ3v) is 4.79. The van der Waals surface area contributed by atoms with E-state index < -0.39 is 0 Å². The second-order valence-electron chi connectivity index (χ2n) is 6.15. The van der Waals surface area contributed by atoms with Crippen molar-refractivity contribution in [2.75, 3.05) is 18.5 Å². The van der Waals surface area contributed by atoms with Crippen molar-refractivity contribution in [1.29, 1.82) is 0 Å². The van der Waals surface area contributed by atoms with E-state index in [0.29, 0.717) is 40.7 Å². The van der Waals surface area contributed by atoms with Crippen molar-refractivity contribution < 1.29 is 14.3 Å². The summed E-state index contributed by atoms with van der Waals surface area (Å²) in [6, 6.07) is 12.6. The molecule has 1 heterocycles. The molecule has 3 rings (SSSR count). The Hall–Kier alpha value is -2.79. The molecule has 0 atom stereocenters. The van der Waals surface area contributed by atoms with Crippen molar-refractivity contribution in [3.05, 3.63) is 64.3 Å². The highest BCUT2D eigenvalue weighted by molar-refractivity contribution is 6.36. The Morgan fingerprint density at radius 3 is 2.33 bits per heavy atom. The van der Waals surface area contributed by atoms with Gasteiger partial charge in [-0.25, -0.2) is 0 Å². The van der Waals surface area contributed by atoms with Gasteiger partial charge in [0.25, 0.3) is 11.8 Å². The van der Waals surface area contributed by atoms with Crippen LogP contribution in [0.15, 0.2) is 48.2 Å². The summed E-state index contributed by atoms with van der Waals surface area (Å²) in [5.74, 6) is 0.0567. The van der Waals surface area contributed by atoms with Crippen LogP contribution < -0.4 is 10.1 Å². The minimum absolute atomic E-state index is 0.255. The highest BCUT2D eigenvalue weighted by Gasteiger charge is 2.38. The molecular formula is C21H21ClN2O3. The molecule has 0 bridgehead atoms. The summed E-state index contributed by atoms with van der Waals surface area (Å²) < 4.78 is 5.45. The predicted molar refractivity (Wildman–Crippen MR) is 107 cm³/mol. The molecule has 0 spiro atoms. The minimum atomic E-state index is -0.344. The first-order chi connectivity index (χ1) is 13.0. The fourth-order valence-electron chi connectivity index (χ4n) is 2.95. The second kappa shape index (κ2) is 7.84. The van der Waals surface area contributed by atoms with Crippen LogP contribution in [0.25, 0.3) is 5.57 Å². The summed E-state index contributed by atoms with van der Waals surface area (Å²) >= 11 is 6.19. The number of halogens is 1. The van der Waals surface area contributed by atoms with Gasteiger partial charge in [0.05, 0.1) is 12.2 Å². The summed E-state index contributed by atoms with van der Waals surface area (Å²) in [6.07, 6.45) is 0. The molecule has 140 valence electrons. The van der Waals surface area contributed by atoms with E-state index in [1.54, 1.807) is 37.3 Å². The molecule has 0 aromatic heterocycles. The standard InChI is InChI=1S/C21H21ClN2O3/c1-4-24-20(25)18(14-7-10-16(11-8-14)27-5-2)19(21(24)26)23-15-9-6-13(3)17(22)12-15/h6-12,23H,4-5H2,1-3H3. The van der Waals surface area contributed by atoms with Crippen LogP contribution >= 0.6 is 11.6 Å². The molecule has 0 aliphatic carbocycles. The van der Waals surface area contributed by atoms with Gasteiger partial charge in [-0.05, 0) is 56.2 Å². The molecule has 1 aliphatic rings. The number of carbonyl (C=O) groups is 2. The van der Waals surface area contributed by atoms with Gasteiger partial charge in [0, 0.05) is 17.3 Å². The first kappa shape index (κ1) is 19.0. The van der Waals surface area contributed by atoms with Crippen LogP contribution in [-0.2, 0) is 9.59 Å². The molecule has 1 aliphatic heterocycles. The molecule has 0 radical (unpaired) electrons. The number of hydrogen-bond acceptors (Lipinski definition) is 4. The number of carbonyl (C=O) groups excluding carboxylic acids is 2. The van der Waals surface area contributed by atoms with E-state index in [0.717, 1.165) is 5.56 Å². The molecule has 5 nitrogen and oxygen atoms in total. The number of nitrogens with zero attached hydrogens (tertiary/aromatic N) is 1. The fourth-order valence-corrected chi connectivity index (χ4v) is 3.13. The Bertz CT molecular complexity index is 920. The zero-order chi connectivity index (χ0) is 19.6. The van der Waals surface area contributed by atoms with Gasteiger partial charge in [0.2, 0.25) is 0 Å². The number of ether oxygens (including phenoxy) is 1. The molecule has 27 heavy (non-hydrogen) atoms. The highest BCUT2D eigenvalue weighted by atomic mass is 35.5. The first-order valence-electron chi connectivity index (χ1n) is 8.83. The summed E-state index contributed by atoms with van der Waals surface area (Å²) in [4.78, 5) is 26.8. The molecule has 2 aromatic carbocycles. The van der Waals surface area contributed by atoms with E-state index in [1.807, 2.05) is 26.0 Å². The van der Waals surface area contributed by atoms with E-state index in [4.69, 9.17) is 16.3 Å². The average molecular weight is 385 g/mol. The molecule has 2 aromatic rings. The summed E-state index contributed by atoms with van der Waals surface area (Å²) in [5.41, 5.74) is 2.86. The summed E-state index contributed by atoms with van der Waals surface area (Å²) in [5, 5.41) is 3.68. The predicted octanol–water partition coefficient (Wildman–Crippen LogP) is 4.26. The number of nitrogens with one attached hydrogen (secondary N) is 1. The number of anilines is 1. The van der Waals surface area contributed by atoms with Crippen molar-refractivity contribution in [1.82, 2.24) is 4.90 Å². The van der Waals surface area contributed by atoms with Crippen LogP contribution in [-0.4, -0.2) is 29.9 Å². The summed E-state index contributed by atoms with van der Waals surface area (Å²) in [7, 11) is 0. The molecule has 0 saturated heterocycles. The average Bonchev–Trinajstić information content (AvgIpc) is 2.89. The van der Waals surface area contributed by atoms with E-state index >= 15 is 0 Å². The van der Waals surface area contributed by atoms with Gasteiger partial charge in [0.15, 0.2) is 0 Å². The van der Waals surface area contributed by atoms with Crippen LogP contribution in [0, 0.1) is 6.92 Å². The Balaban J connectivity index is 2.03. The zero-order valence-electron chi connectivity index (χ0n) is 15.5. The monoisotopic (exact) mass is 384 g/mol. The number of amides is 2. The Kier molecular flexibility index (Phi) is 5.51. The van der Waals surface area contributed by atoms with Gasteiger partial charge in [0.1, 0.15) is 11.4 Å². The third kappa shape index (κ3) is 3.69. The molecule has 2 amide bonds. The van der Waals surface area contributed by atoms with Crippen LogP contribution in [0.3, 0.4) is 0 Å². The largest absolute Gasteiger partial charge is 0.494 e. The third-order valence-electron chi connectivity index (χ3n) is 4.38. The van der Waals surface area contributed by atoms with Gasteiger partial charge >= 0.3 is 0 Å². The van der Waals surface area contributed by atoms with Crippen LogP contribution in [0.4, 0.5) is 5.69 Å². The minimum Gasteiger partial charge on any atom is -0.494 e.